The van der Waals surface area contributed by atoms with Gasteiger partial charge < -0.3 is 4.90 Å². The van der Waals surface area contributed by atoms with Gasteiger partial charge in [-0.25, -0.2) is 0 Å². The number of benzene rings is 1. The monoisotopic (exact) mass is 327 g/mol. The normalized spacial score (nSPS) is 11.3. The molecule has 0 aromatic heterocycles. The molecule has 1 aromatic carbocycles. The molecule has 132 valence electrons. The average Bonchev–Trinajstić information content (AvgIpc) is 2.62. The van der Waals surface area contributed by atoms with Crippen LogP contribution in [0, 0.1) is 0 Å². The summed E-state index contributed by atoms with van der Waals surface area (Å²) in [5.74, 6) is 0.399. The van der Waals surface area contributed by atoms with E-state index in [-0.39, 0.29) is 0 Å². The number of carbonyl (C=O) groups excluding carboxylic acids is 1. The quantitative estimate of drug-likeness (QED) is 0.330. The third kappa shape index (κ3) is 8.14. The standard InChI is InChI=1S/C22H33NO/c1-4-18-23(21-14-8-7-9-15-21)19-11-10-16-22(24)17-12-13-20(5-2)6-3/h5-9,14-15H,2,4,10-13,16-19H2,1,3H3/b20-6+. The number of anilines is 1. The van der Waals surface area contributed by atoms with Crippen LogP contribution < -0.4 is 4.90 Å². The Bertz CT molecular complexity index is 504. The summed E-state index contributed by atoms with van der Waals surface area (Å²) in [4.78, 5) is 14.4. The van der Waals surface area contributed by atoms with Crippen molar-refractivity contribution in [1.82, 2.24) is 0 Å². The van der Waals surface area contributed by atoms with Crippen molar-refractivity contribution in [2.24, 2.45) is 0 Å². The Morgan fingerprint density at radius 1 is 1.04 bits per heavy atom. The molecule has 0 aliphatic carbocycles. The lowest BCUT2D eigenvalue weighted by atomic mass is 10.0. The predicted molar refractivity (Wildman–Crippen MR) is 106 cm³/mol. The second kappa shape index (κ2) is 12.6. The van der Waals surface area contributed by atoms with Crippen molar-refractivity contribution in [3.8, 4) is 0 Å². The molecule has 1 rings (SSSR count). The van der Waals surface area contributed by atoms with Crippen molar-refractivity contribution in [1.29, 1.82) is 0 Å². The molecule has 24 heavy (non-hydrogen) atoms. The smallest absolute Gasteiger partial charge is 0.132 e. The summed E-state index contributed by atoms with van der Waals surface area (Å²) in [6, 6.07) is 10.6. The van der Waals surface area contributed by atoms with E-state index in [4.69, 9.17) is 0 Å². The highest BCUT2D eigenvalue weighted by Crippen LogP contribution is 2.15. The minimum absolute atomic E-state index is 0.399. The molecule has 0 aliphatic rings. The Kier molecular flexibility index (Phi) is 10.6. The molecule has 0 aliphatic heterocycles. The molecule has 0 saturated carbocycles. The van der Waals surface area contributed by atoms with E-state index in [9.17, 15) is 4.79 Å². The number of allylic oxidation sites excluding steroid dienone is 3. The molecule has 0 amide bonds. The highest BCUT2D eigenvalue weighted by molar-refractivity contribution is 5.78. The molecule has 0 radical (unpaired) electrons. The SMILES string of the molecule is C=C/C(=C\C)CCCC(=O)CCCCN(CCC)c1ccccc1. The van der Waals surface area contributed by atoms with E-state index >= 15 is 0 Å². The molecule has 1 aromatic rings. The highest BCUT2D eigenvalue weighted by Gasteiger charge is 2.06. The molecule has 0 saturated heterocycles. The Balaban J connectivity index is 2.23. The van der Waals surface area contributed by atoms with E-state index in [0.29, 0.717) is 18.6 Å². The second-order valence-corrected chi connectivity index (χ2v) is 6.24. The zero-order chi connectivity index (χ0) is 17.6. The van der Waals surface area contributed by atoms with Crippen molar-refractivity contribution >= 4 is 11.5 Å². The lowest BCUT2D eigenvalue weighted by Crippen LogP contribution is -2.25. The van der Waals surface area contributed by atoms with Crippen LogP contribution in [-0.2, 0) is 4.79 Å². The van der Waals surface area contributed by atoms with Gasteiger partial charge in [0.2, 0.25) is 0 Å². The van der Waals surface area contributed by atoms with Crippen LogP contribution >= 0.6 is 0 Å². The average molecular weight is 328 g/mol. The number of hydrogen-bond donors (Lipinski definition) is 0. The van der Waals surface area contributed by atoms with Crippen LogP contribution in [0.5, 0.6) is 0 Å². The predicted octanol–water partition coefficient (Wildman–Crippen LogP) is 5.95. The minimum Gasteiger partial charge on any atom is -0.372 e. The summed E-state index contributed by atoms with van der Waals surface area (Å²) in [5, 5.41) is 0. The van der Waals surface area contributed by atoms with Gasteiger partial charge in [-0.15, -0.1) is 0 Å². The van der Waals surface area contributed by atoms with Crippen LogP contribution in [0.15, 0.2) is 54.6 Å². The first kappa shape index (κ1) is 20.2. The fourth-order valence-electron chi connectivity index (χ4n) is 2.88. The molecular weight excluding hydrogens is 294 g/mol. The third-order valence-electron chi connectivity index (χ3n) is 4.30. The number of ketones is 1. The zero-order valence-corrected chi connectivity index (χ0v) is 15.5. The minimum atomic E-state index is 0.399. The number of rotatable bonds is 13. The van der Waals surface area contributed by atoms with E-state index < -0.39 is 0 Å². The highest BCUT2D eigenvalue weighted by atomic mass is 16.1. The van der Waals surface area contributed by atoms with Gasteiger partial charge in [-0.1, -0.05) is 49.4 Å². The van der Waals surface area contributed by atoms with Crippen LogP contribution in [0.3, 0.4) is 0 Å². The lowest BCUT2D eigenvalue weighted by molar-refractivity contribution is -0.119. The molecule has 0 N–H and O–H groups in total. The van der Waals surface area contributed by atoms with Gasteiger partial charge in [0.05, 0.1) is 0 Å². The first-order valence-electron chi connectivity index (χ1n) is 9.30. The molecule has 0 heterocycles. The van der Waals surface area contributed by atoms with E-state index in [2.05, 4.69) is 54.8 Å². The number of nitrogens with zero attached hydrogens (tertiary/aromatic N) is 1. The summed E-state index contributed by atoms with van der Waals surface area (Å²) in [6.07, 6.45) is 10.5. The van der Waals surface area contributed by atoms with Crippen molar-refractivity contribution in [3.63, 3.8) is 0 Å². The van der Waals surface area contributed by atoms with Crippen LogP contribution in [0.25, 0.3) is 0 Å². The number of unbranched alkanes of at least 4 members (excludes halogenated alkanes) is 1. The molecule has 0 atom stereocenters. The van der Waals surface area contributed by atoms with E-state index in [1.807, 2.05) is 13.0 Å². The Hall–Kier alpha value is -1.83. The maximum Gasteiger partial charge on any atom is 0.132 e. The van der Waals surface area contributed by atoms with Crippen LogP contribution in [0.4, 0.5) is 5.69 Å². The van der Waals surface area contributed by atoms with Gasteiger partial charge in [0.1, 0.15) is 5.78 Å². The Morgan fingerprint density at radius 2 is 1.75 bits per heavy atom. The van der Waals surface area contributed by atoms with Gasteiger partial charge in [0, 0.05) is 31.6 Å². The topological polar surface area (TPSA) is 20.3 Å². The summed E-state index contributed by atoms with van der Waals surface area (Å²) in [5.41, 5.74) is 2.52. The number of carbonyl (C=O) groups is 1. The van der Waals surface area contributed by atoms with Crippen LogP contribution in [0.1, 0.15) is 58.8 Å². The molecule has 2 heteroatoms. The first-order chi connectivity index (χ1) is 11.7. The van der Waals surface area contributed by atoms with Crippen molar-refractivity contribution in [3.05, 3.63) is 54.6 Å². The van der Waals surface area contributed by atoms with E-state index in [1.54, 1.807) is 0 Å². The Morgan fingerprint density at radius 3 is 2.38 bits per heavy atom. The van der Waals surface area contributed by atoms with Gasteiger partial charge in [-0.3, -0.25) is 4.79 Å². The van der Waals surface area contributed by atoms with Crippen molar-refractivity contribution in [2.75, 3.05) is 18.0 Å². The number of hydrogen-bond acceptors (Lipinski definition) is 2. The number of Topliss-reactive ketones (excluding diaryl/α,β-unsaturated/α-hetero) is 1. The molecule has 0 fully saturated rings. The third-order valence-corrected chi connectivity index (χ3v) is 4.30. The molecule has 2 nitrogen and oxygen atoms in total. The fourth-order valence-corrected chi connectivity index (χ4v) is 2.88. The molecule has 0 spiro atoms. The maximum absolute atomic E-state index is 12.0. The lowest BCUT2D eigenvalue weighted by Gasteiger charge is -2.24. The van der Waals surface area contributed by atoms with Crippen LogP contribution in [0.2, 0.25) is 0 Å². The first-order valence-corrected chi connectivity index (χ1v) is 9.30. The van der Waals surface area contributed by atoms with Gasteiger partial charge in [-0.05, 0) is 51.2 Å². The second-order valence-electron chi connectivity index (χ2n) is 6.24. The zero-order valence-electron chi connectivity index (χ0n) is 15.5. The molecular formula is C22H33NO. The largest absolute Gasteiger partial charge is 0.372 e. The number of para-hydroxylation sites is 1. The van der Waals surface area contributed by atoms with E-state index in [0.717, 1.165) is 45.2 Å². The van der Waals surface area contributed by atoms with Gasteiger partial charge in [-0.2, -0.15) is 0 Å². The van der Waals surface area contributed by atoms with Gasteiger partial charge in [0.25, 0.3) is 0 Å². The van der Waals surface area contributed by atoms with E-state index in [1.165, 1.54) is 11.3 Å². The summed E-state index contributed by atoms with van der Waals surface area (Å²) in [6.45, 7) is 10.1. The summed E-state index contributed by atoms with van der Waals surface area (Å²) >= 11 is 0. The van der Waals surface area contributed by atoms with Crippen molar-refractivity contribution in [2.45, 2.75) is 58.8 Å². The molecule has 0 bridgehead atoms. The summed E-state index contributed by atoms with van der Waals surface area (Å²) < 4.78 is 0. The Labute approximate surface area is 148 Å². The van der Waals surface area contributed by atoms with Crippen molar-refractivity contribution < 1.29 is 4.79 Å². The van der Waals surface area contributed by atoms with Gasteiger partial charge in [0.15, 0.2) is 0 Å². The van der Waals surface area contributed by atoms with Crippen LogP contribution in [-0.4, -0.2) is 18.9 Å². The summed E-state index contributed by atoms with van der Waals surface area (Å²) in [7, 11) is 0. The maximum atomic E-state index is 12.0. The fraction of sp³-hybridized carbons (Fsp3) is 0.500. The molecule has 0 unspecified atom stereocenters. The van der Waals surface area contributed by atoms with Gasteiger partial charge >= 0.3 is 0 Å².